The maximum atomic E-state index is 10.6. The molecule has 3 heteroatoms. The van der Waals surface area contributed by atoms with Crippen LogP contribution in [0, 0.1) is 13.8 Å². The van der Waals surface area contributed by atoms with Gasteiger partial charge in [0.15, 0.2) is 0 Å². The van der Waals surface area contributed by atoms with Gasteiger partial charge in [-0.2, -0.15) is 11.8 Å². The van der Waals surface area contributed by atoms with Gasteiger partial charge < -0.3 is 9.84 Å². The minimum atomic E-state index is -0.347. The van der Waals surface area contributed by atoms with Crippen molar-refractivity contribution in [3.05, 3.63) is 28.8 Å². The molecule has 18 heavy (non-hydrogen) atoms. The van der Waals surface area contributed by atoms with Crippen molar-refractivity contribution in [2.75, 3.05) is 12.9 Å². The summed E-state index contributed by atoms with van der Waals surface area (Å²) < 4.78 is 5.32. The number of aliphatic hydroxyl groups is 1. The maximum Gasteiger partial charge on any atom is 0.122 e. The largest absolute Gasteiger partial charge is 0.496 e. The van der Waals surface area contributed by atoms with Crippen molar-refractivity contribution >= 4 is 11.8 Å². The molecule has 0 aliphatic carbocycles. The topological polar surface area (TPSA) is 29.5 Å². The molecular weight excluding hydrogens is 244 g/mol. The van der Waals surface area contributed by atoms with Crippen molar-refractivity contribution in [3.8, 4) is 5.75 Å². The first-order chi connectivity index (χ1) is 8.63. The van der Waals surface area contributed by atoms with Gasteiger partial charge in [-0.25, -0.2) is 0 Å². The van der Waals surface area contributed by atoms with E-state index in [1.54, 1.807) is 7.11 Å². The summed E-state index contributed by atoms with van der Waals surface area (Å²) in [7, 11) is 1.69. The number of benzene rings is 1. The molecule has 0 saturated carbocycles. The van der Waals surface area contributed by atoms with E-state index in [1.165, 1.54) is 18.6 Å². The van der Waals surface area contributed by atoms with Gasteiger partial charge in [0.05, 0.1) is 13.2 Å². The molecule has 0 aromatic heterocycles. The lowest BCUT2D eigenvalue weighted by Crippen LogP contribution is -2.20. The van der Waals surface area contributed by atoms with Gasteiger partial charge in [-0.3, -0.25) is 0 Å². The molecule has 0 radical (unpaired) electrons. The molecule has 1 saturated heterocycles. The standard InChI is InChI=1S/C15H22O2S/c1-10-9-13(17-3)11(2)8-12(10)15(16)14-6-4-5-7-18-14/h8-9,14-16H,4-7H2,1-3H3. The first-order valence-electron chi connectivity index (χ1n) is 6.58. The molecule has 2 unspecified atom stereocenters. The Morgan fingerprint density at radius 3 is 2.67 bits per heavy atom. The molecule has 0 spiro atoms. The number of hydrogen-bond donors (Lipinski definition) is 1. The van der Waals surface area contributed by atoms with Gasteiger partial charge >= 0.3 is 0 Å². The molecule has 0 bridgehead atoms. The molecule has 1 aliphatic rings. The van der Waals surface area contributed by atoms with Crippen LogP contribution in [0.1, 0.15) is 42.1 Å². The lowest BCUT2D eigenvalue weighted by molar-refractivity contribution is 0.168. The monoisotopic (exact) mass is 266 g/mol. The highest BCUT2D eigenvalue weighted by Crippen LogP contribution is 2.37. The smallest absolute Gasteiger partial charge is 0.122 e. The van der Waals surface area contributed by atoms with Crippen LogP contribution in [0.4, 0.5) is 0 Å². The zero-order chi connectivity index (χ0) is 13.1. The summed E-state index contributed by atoms with van der Waals surface area (Å²) in [6, 6.07) is 4.11. The first-order valence-corrected chi connectivity index (χ1v) is 7.63. The average Bonchev–Trinajstić information content (AvgIpc) is 2.41. The number of rotatable bonds is 3. The fourth-order valence-electron chi connectivity index (χ4n) is 2.57. The van der Waals surface area contributed by atoms with Gasteiger partial charge in [0, 0.05) is 5.25 Å². The highest BCUT2D eigenvalue weighted by Gasteiger charge is 2.25. The Morgan fingerprint density at radius 2 is 2.06 bits per heavy atom. The predicted octanol–water partition coefficient (Wildman–Crippen LogP) is 3.63. The third-order valence-corrected chi connectivity index (χ3v) is 5.12. The van der Waals surface area contributed by atoms with Crippen LogP contribution in [-0.4, -0.2) is 23.2 Å². The van der Waals surface area contributed by atoms with Crippen LogP contribution in [0.15, 0.2) is 12.1 Å². The Labute approximate surface area is 114 Å². The normalized spacial score (nSPS) is 21.7. The van der Waals surface area contributed by atoms with Crippen molar-refractivity contribution in [1.82, 2.24) is 0 Å². The summed E-state index contributed by atoms with van der Waals surface area (Å²) in [5.41, 5.74) is 3.28. The average molecular weight is 266 g/mol. The van der Waals surface area contributed by atoms with E-state index in [-0.39, 0.29) is 6.10 Å². The van der Waals surface area contributed by atoms with E-state index in [9.17, 15) is 5.11 Å². The number of ether oxygens (including phenoxy) is 1. The molecule has 2 nitrogen and oxygen atoms in total. The van der Waals surface area contributed by atoms with Crippen LogP contribution in [0.2, 0.25) is 0 Å². The van der Waals surface area contributed by atoms with Crippen LogP contribution < -0.4 is 4.74 Å². The van der Waals surface area contributed by atoms with Crippen molar-refractivity contribution in [1.29, 1.82) is 0 Å². The molecule has 2 rings (SSSR count). The number of thioether (sulfide) groups is 1. The first kappa shape index (κ1) is 13.8. The second kappa shape index (κ2) is 5.98. The van der Waals surface area contributed by atoms with Gasteiger partial charge in [-0.05, 0) is 61.3 Å². The zero-order valence-electron chi connectivity index (χ0n) is 11.4. The Hall–Kier alpha value is -0.670. The lowest BCUT2D eigenvalue weighted by Gasteiger charge is -2.27. The van der Waals surface area contributed by atoms with Crippen LogP contribution in [0.25, 0.3) is 0 Å². The summed E-state index contributed by atoms with van der Waals surface area (Å²) in [4.78, 5) is 0. The van der Waals surface area contributed by atoms with Crippen LogP contribution in [0.5, 0.6) is 5.75 Å². The van der Waals surface area contributed by atoms with E-state index >= 15 is 0 Å². The van der Waals surface area contributed by atoms with Crippen molar-refractivity contribution < 1.29 is 9.84 Å². The van der Waals surface area contributed by atoms with Gasteiger partial charge in [0.2, 0.25) is 0 Å². The summed E-state index contributed by atoms with van der Waals surface area (Å²) in [5, 5.41) is 10.9. The van der Waals surface area contributed by atoms with Gasteiger partial charge in [-0.15, -0.1) is 0 Å². The Morgan fingerprint density at radius 1 is 1.28 bits per heavy atom. The van der Waals surface area contributed by atoms with Gasteiger partial charge in [0.25, 0.3) is 0 Å². The Bertz CT molecular complexity index is 411. The Balaban J connectivity index is 2.23. The van der Waals surface area contributed by atoms with Crippen molar-refractivity contribution in [2.45, 2.75) is 44.5 Å². The molecule has 1 heterocycles. The van der Waals surface area contributed by atoms with E-state index in [1.807, 2.05) is 31.7 Å². The third-order valence-electron chi connectivity index (χ3n) is 3.67. The Kier molecular flexibility index (Phi) is 4.57. The van der Waals surface area contributed by atoms with Crippen LogP contribution >= 0.6 is 11.8 Å². The van der Waals surface area contributed by atoms with Gasteiger partial charge in [-0.1, -0.05) is 6.42 Å². The molecule has 1 aromatic carbocycles. The lowest BCUT2D eigenvalue weighted by atomic mass is 9.96. The van der Waals surface area contributed by atoms with E-state index < -0.39 is 0 Å². The minimum Gasteiger partial charge on any atom is -0.496 e. The molecule has 1 N–H and O–H groups in total. The summed E-state index contributed by atoms with van der Waals surface area (Å²) in [6.45, 7) is 4.08. The second-order valence-corrected chi connectivity index (χ2v) is 6.38. The number of methoxy groups -OCH3 is 1. The SMILES string of the molecule is COc1cc(C)c(C(O)C2CCCCS2)cc1C. The zero-order valence-corrected chi connectivity index (χ0v) is 12.2. The molecule has 1 fully saturated rings. The van der Waals surface area contributed by atoms with E-state index in [0.29, 0.717) is 5.25 Å². The van der Waals surface area contributed by atoms with Crippen molar-refractivity contribution in [3.63, 3.8) is 0 Å². The summed E-state index contributed by atoms with van der Waals surface area (Å²) in [6.07, 6.45) is 3.30. The van der Waals surface area contributed by atoms with E-state index in [0.717, 1.165) is 28.9 Å². The van der Waals surface area contributed by atoms with Crippen LogP contribution in [0.3, 0.4) is 0 Å². The maximum absolute atomic E-state index is 10.6. The molecular formula is C15H22O2S. The molecule has 100 valence electrons. The molecule has 1 aliphatic heterocycles. The predicted molar refractivity (Wildman–Crippen MR) is 77.5 cm³/mol. The molecule has 1 aromatic rings. The fraction of sp³-hybridized carbons (Fsp3) is 0.600. The summed E-state index contributed by atoms with van der Waals surface area (Å²) >= 11 is 1.91. The highest BCUT2D eigenvalue weighted by atomic mass is 32.2. The summed E-state index contributed by atoms with van der Waals surface area (Å²) in [5.74, 6) is 2.08. The van der Waals surface area contributed by atoms with E-state index in [4.69, 9.17) is 4.74 Å². The van der Waals surface area contributed by atoms with Gasteiger partial charge in [0.1, 0.15) is 5.75 Å². The van der Waals surface area contributed by atoms with E-state index in [2.05, 4.69) is 6.07 Å². The fourth-order valence-corrected chi connectivity index (χ4v) is 3.90. The number of aliphatic hydroxyl groups excluding tert-OH is 1. The number of hydrogen-bond acceptors (Lipinski definition) is 3. The minimum absolute atomic E-state index is 0.347. The quantitative estimate of drug-likeness (QED) is 0.906. The van der Waals surface area contributed by atoms with Crippen LogP contribution in [-0.2, 0) is 0 Å². The van der Waals surface area contributed by atoms with Crippen molar-refractivity contribution in [2.24, 2.45) is 0 Å². The molecule has 0 amide bonds. The second-order valence-electron chi connectivity index (χ2n) is 5.03. The number of aryl methyl sites for hydroxylation is 2. The third kappa shape index (κ3) is 2.83. The molecule has 2 atom stereocenters. The highest BCUT2D eigenvalue weighted by molar-refractivity contribution is 7.99.